The van der Waals surface area contributed by atoms with E-state index in [9.17, 15) is 21.6 Å². The van der Waals surface area contributed by atoms with Crippen molar-refractivity contribution in [1.82, 2.24) is 0 Å². The van der Waals surface area contributed by atoms with Crippen LogP contribution < -0.4 is 28.4 Å². The number of halogens is 3. The molecule has 0 aliphatic rings. The smallest absolute Gasteiger partial charge is 0.496 e. The maximum absolute atomic E-state index is 14.0. The van der Waals surface area contributed by atoms with E-state index in [0.717, 1.165) is 0 Å². The highest BCUT2D eigenvalue weighted by molar-refractivity contribution is 8.33. The fourth-order valence-electron chi connectivity index (χ4n) is 3.74. The van der Waals surface area contributed by atoms with E-state index >= 15 is 0 Å². The number of hydrogen-bond acceptors (Lipinski definition) is 9. The molecule has 214 valence electrons. The van der Waals surface area contributed by atoms with Gasteiger partial charge in [0.1, 0.15) is 44.3 Å². The summed E-state index contributed by atoms with van der Waals surface area (Å²) in [5.74, 6) is 0.122. The van der Waals surface area contributed by atoms with Crippen LogP contribution in [0, 0.1) is 0 Å². The molecule has 0 bridgehead atoms. The average Bonchev–Trinajstić information content (AvgIpc) is 2.94. The van der Waals surface area contributed by atoms with Crippen LogP contribution in [0.2, 0.25) is 0 Å². The first-order chi connectivity index (χ1) is 18.4. The van der Waals surface area contributed by atoms with Crippen LogP contribution in [0.3, 0.4) is 0 Å². The molecule has 0 atom stereocenters. The van der Waals surface area contributed by atoms with Crippen LogP contribution in [0.25, 0.3) is 0 Å². The summed E-state index contributed by atoms with van der Waals surface area (Å²) in [4.78, 5) is -0.287. The van der Waals surface area contributed by atoms with Gasteiger partial charge in [0.2, 0.25) is 0 Å². The molecule has 0 aromatic heterocycles. The van der Waals surface area contributed by atoms with E-state index in [2.05, 4.69) is 0 Å². The molecule has 0 unspecified atom stereocenters. The molecule has 0 N–H and O–H groups in total. The SMILES string of the molecule is COc1cc(OC)c(S(OS(=O)(=O)C(F)(F)F)(c2ccccc2)c2c(OC)cc(OC)cc2OC)c(OC)c1. The van der Waals surface area contributed by atoms with Gasteiger partial charge in [-0.1, -0.05) is 18.2 Å². The van der Waals surface area contributed by atoms with Gasteiger partial charge in [-0.15, -0.1) is 0 Å². The molecule has 3 aromatic carbocycles. The molecular weight excluding hydrogens is 565 g/mol. The van der Waals surface area contributed by atoms with Gasteiger partial charge in [-0.3, -0.25) is 0 Å². The Morgan fingerprint density at radius 2 is 0.949 bits per heavy atom. The molecule has 0 aliphatic carbocycles. The predicted molar refractivity (Wildman–Crippen MR) is 137 cm³/mol. The van der Waals surface area contributed by atoms with E-state index < -0.39 is 25.9 Å². The first-order valence-electron chi connectivity index (χ1n) is 10.9. The first-order valence-corrected chi connectivity index (χ1v) is 13.9. The third-order valence-electron chi connectivity index (χ3n) is 5.46. The molecular formula is C25H27F3O9S2. The highest BCUT2D eigenvalue weighted by Gasteiger charge is 2.55. The molecule has 0 saturated heterocycles. The molecule has 0 spiro atoms. The molecule has 9 nitrogen and oxygen atoms in total. The van der Waals surface area contributed by atoms with E-state index in [1.807, 2.05) is 0 Å². The lowest BCUT2D eigenvalue weighted by Gasteiger charge is -2.41. The van der Waals surface area contributed by atoms with Gasteiger partial charge in [0, 0.05) is 29.2 Å². The number of rotatable bonds is 11. The molecule has 0 radical (unpaired) electrons. The second-order valence-corrected chi connectivity index (χ2v) is 11.9. The fraction of sp³-hybridized carbons (Fsp3) is 0.280. The van der Waals surface area contributed by atoms with Crippen LogP contribution >= 0.6 is 10.3 Å². The molecule has 0 amide bonds. The molecule has 3 aromatic rings. The fourth-order valence-corrected chi connectivity index (χ4v) is 8.90. The third-order valence-corrected chi connectivity index (χ3v) is 10.5. The lowest BCUT2D eigenvalue weighted by molar-refractivity contribution is -0.0496. The summed E-state index contributed by atoms with van der Waals surface area (Å²) in [6.45, 7) is 0. The van der Waals surface area contributed by atoms with E-state index in [1.54, 1.807) is 6.07 Å². The van der Waals surface area contributed by atoms with Crippen molar-refractivity contribution >= 4 is 20.4 Å². The Bertz CT molecular complexity index is 1300. The average molecular weight is 593 g/mol. The maximum atomic E-state index is 14.0. The Morgan fingerprint density at radius 1 is 0.590 bits per heavy atom. The zero-order valence-electron chi connectivity index (χ0n) is 21.8. The zero-order valence-corrected chi connectivity index (χ0v) is 23.5. The Labute approximate surface area is 225 Å². The summed E-state index contributed by atoms with van der Waals surface area (Å²) in [6, 6.07) is 13.0. The summed E-state index contributed by atoms with van der Waals surface area (Å²) in [5, 5.41) is 0. The van der Waals surface area contributed by atoms with Crippen molar-refractivity contribution in [2.75, 3.05) is 42.7 Å². The maximum Gasteiger partial charge on any atom is 0.524 e. The number of alkyl halides is 3. The Kier molecular flexibility index (Phi) is 9.03. The zero-order chi connectivity index (χ0) is 29.0. The summed E-state index contributed by atoms with van der Waals surface area (Å²) in [7, 11) is -2.53. The molecule has 0 saturated carbocycles. The number of ether oxygens (including phenoxy) is 6. The Hall–Kier alpha value is -3.49. The second kappa shape index (κ2) is 11.7. The summed E-state index contributed by atoms with van der Waals surface area (Å²) in [5.41, 5.74) is -5.79. The van der Waals surface area contributed by atoms with Crippen molar-refractivity contribution < 1.29 is 53.6 Å². The molecule has 14 heteroatoms. The Morgan fingerprint density at radius 3 is 1.23 bits per heavy atom. The first kappa shape index (κ1) is 30.1. The largest absolute Gasteiger partial charge is 0.524 e. The van der Waals surface area contributed by atoms with Gasteiger partial charge < -0.3 is 28.4 Å². The quantitative estimate of drug-likeness (QED) is 0.256. The van der Waals surface area contributed by atoms with Crippen LogP contribution in [-0.2, 0) is 13.7 Å². The van der Waals surface area contributed by atoms with Crippen molar-refractivity contribution in [3.05, 3.63) is 54.6 Å². The van der Waals surface area contributed by atoms with Crippen LogP contribution in [0.1, 0.15) is 0 Å². The van der Waals surface area contributed by atoms with E-state index in [4.69, 9.17) is 32.1 Å². The van der Waals surface area contributed by atoms with E-state index in [-0.39, 0.29) is 49.2 Å². The van der Waals surface area contributed by atoms with Crippen molar-refractivity contribution in [2.45, 2.75) is 20.2 Å². The van der Waals surface area contributed by atoms with Crippen molar-refractivity contribution in [1.29, 1.82) is 0 Å². The summed E-state index contributed by atoms with van der Waals surface area (Å²) in [6.07, 6.45) is 0. The van der Waals surface area contributed by atoms with Gasteiger partial charge in [0.25, 0.3) is 0 Å². The van der Waals surface area contributed by atoms with E-state index in [1.165, 1.54) is 91.2 Å². The van der Waals surface area contributed by atoms with Gasteiger partial charge in [0.05, 0.1) is 42.7 Å². The predicted octanol–water partition coefficient (Wildman–Crippen LogP) is 5.80. The lowest BCUT2D eigenvalue weighted by Crippen LogP contribution is -2.28. The molecule has 39 heavy (non-hydrogen) atoms. The number of methoxy groups -OCH3 is 6. The lowest BCUT2D eigenvalue weighted by atomic mass is 10.3. The number of benzene rings is 3. The van der Waals surface area contributed by atoms with Crippen LogP contribution in [-0.4, -0.2) is 56.6 Å². The van der Waals surface area contributed by atoms with Gasteiger partial charge in [0.15, 0.2) is 0 Å². The summed E-state index contributed by atoms with van der Waals surface area (Å²) >= 11 is 0. The minimum atomic E-state index is -6.28. The third kappa shape index (κ3) is 5.49. The van der Waals surface area contributed by atoms with Crippen molar-refractivity contribution in [3.8, 4) is 34.5 Å². The van der Waals surface area contributed by atoms with E-state index in [0.29, 0.717) is 0 Å². The van der Waals surface area contributed by atoms with Crippen LogP contribution in [0.4, 0.5) is 13.2 Å². The molecule has 0 fully saturated rings. The second-order valence-electron chi connectivity index (χ2n) is 7.56. The highest BCUT2D eigenvalue weighted by atomic mass is 32.3. The van der Waals surface area contributed by atoms with Gasteiger partial charge in [-0.2, -0.15) is 25.2 Å². The summed E-state index contributed by atoms with van der Waals surface area (Å²) < 4.78 is 106. The monoisotopic (exact) mass is 592 g/mol. The van der Waals surface area contributed by atoms with Gasteiger partial charge in [-0.05, 0) is 22.4 Å². The van der Waals surface area contributed by atoms with Gasteiger partial charge >= 0.3 is 15.6 Å². The van der Waals surface area contributed by atoms with Crippen molar-refractivity contribution in [3.63, 3.8) is 0 Å². The standard InChI is InChI=1S/C25H27F3O9S2/c1-31-16-12-19(33-3)23(20(13-16)34-4)38(18-10-8-7-9-11-18,37-39(29,30)25(26,27)28)24-21(35-5)14-17(32-2)15-22(24)36-6/h7-15H,1-6H3. The number of hydrogen-bond donors (Lipinski definition) is 0. The highest BCUT2D eigenvalue weighted by Crippen LogP contribution is 2.78. The molecule has 0 aliphatic heterocycles. The normalized spacial score (nSPS) is 12.4. The molecule has 3 rings (SSSR count). The minimum Gasteiger partial charge on any atom is -0.496 e. The Balaban J connectivity index is 2.73. The topological polar surface area (TPSA) is 98.8 Å². The van der Waals surface area contributed by atoms with Crippen LogP contribution in [0.5, 0.6) is 34.5 Å². The minimum absolute atomic E-state index is 0.0290. The van der Waals surface area contributed by atoms with Crippen molar-refractivity contribution in [2.24, 2.45) is 0 Å². The molecule has 0 heterocycles. The van der Waals surface area contributed by atoms with Gasteiger partial charge in [-0.25, -0.2) is 0 Å². The van der Waals surface area contributed by atoms with Crippen LogP contribution in [0.15, 0.2) is 69.3 Å².